The summed E-state index contributed by atoms with van der Waals surface area (Å²) in [6.07, 6.45) is 10.4. The Morgan fingerprint density at radius 1 is 1.08 bits per heavy atom. The molecule has 2 saturated carbocycles. The number of nitrogens with one attached hydrogen (secondary N) is 1. The molecule has 0 spiro atoms. The normalized spacial score (nSPS) is 26.9. The fourth-order valence-electron chi connectivity index (χ4n) is 8.73. The van der Waals surface area contributed by atoms with Gasteiger partial charge in [-0.1, -0.05) is 32.8 Å². The number of fused-ring (bicyclic) bond motifs is 1. The molecule has 52 heavy (non-hydrogen) atoms. The number of carbonyl (C=O) groups excluding carboxylic acids is 3. The Labute approximate surface area is 310 Å². The number of anilines is 2. The first-order valence-corrected chi connectivity index (χ1v) is 19.4. The summed E-state index contributed by atoms with van der Waals surface area (Å²) in [5, 5.41) is 3.50. The fourth-order valence-corrected chi connectivity index (χ4v) is 8.73. The molecule has 1 aromatic carbocycles. The van der Waals surface area contributed by atoms with Crippen LogP contribution in [-0.4, -0.2) is 85.1 Å². The molecule has 11 nitrogen and oxygen atoms in total. The van der Waals surface area contributed by atoms with Crippen LogP contribution in [0.5, 0.6) is 0 Å². The van der Waals surface area contributed by atoms with Crippen molar-refractivity contribution in [2.24, 2.45) is 17.3 Å². The van der Waals surface area contributed by atoms with Crippen molar-refractivity contribution in [2.45, 2.75) is 122 Å². The fraction of sp³-hybridized carbons (Fsp3) is 0.659. The minimum Gasteiger partial charge on any atom is -0.385 e. The first-order chi connectivity index (χ1) is 24.8. The predicted octanol–water partition coefficient (Wildman–Crippen LogP) is 5.80. The highest BCUT2D eigenvalue weighted by molar-refractivity contribution is 6.02. The Balaban J connectivity index is 0.00000481. The van der Waals surface area contributed by atoms with Crippen molar-refractivity contribution < 1.29 is 30.0 Å². The SMILES string of the molecule is COCCCN1C(=O)C(C)(C)Cc2ccc(N(C(=O)[C@@H]3C[C@H](C(=O)NC4(c5ccncc5)CCCC4)CN(C4OC4OC(C)(C)C)C3)C3CC3)cc21.[HH]. The van der Waals surface area contributed by atoms with Crippen LogP contribution in [0.25, 0.3) is 0 Å². The van der Waals surface area contributed by atoms with Gasteiger partial charge in [-0.2, -0.15) is 0 Å². The van der Waals surface area contributed by atoms with Crippen molar-refractivity contribution in [3.8, 4) is 0 Å². The molecule has 284 valence electrons. The van der Waals surface area contributed by atoms with Crippen LogP contribution in [0.3, 0.4) is 0 Å². The molecule has 3 aliphatic heterocycles. The Morgan fingerprint density at radius 2 is 1.79 bits per heavy atom. The zero-order valence-electron chi connectivity index (χ0n) is 31.9. The molecule has 0 radical (unpaired) electrons. The van der Waals surface area contributed by atoms with Gasteiger partial charge in [-0.15, -0.1) is 0 Å². The Hall–Kier alpha value is -3.38. The number of nitrogens with zero attached hydrogens (tertiary/aromatic N) is 4. The third-order valence-electron chi connectivity index (χ3n) is 11.5. The van der Waals surface area contributed by atoms with E-state index in [1.807, 2.05) is 62.6 Å². The Bertz CT molecular complexity index is 1640. The van der Waals surface area contributed by atoms with E-state index >= 15 is 0 Å². The van der Waals surface area contributed by atoms with E-state index in [4.69, 9.17) is 14.2 Å². The first-order valence-electron chi connectivity index (χ1n) is 19.4. The van der Waals surface area contributed by atoms with E-state index in [9.17, 15) is 14.4 Å². The third kappa shape index (κ3) is 7.79. The topological polar surface area (TPSA) is 117 Å². The number of aromatic nitrogens is 1. The van der Waals surface area contributed by atoms with Gasteiger partial charge in [0, 0.05) is 70.0 Å². The third-order valence-corrected chi connectivity index (χ3v) is 11.5. The molecule has 4 fully saturated rings. The van der Waals surface area contributed by atoms with Crippen LogP contribution >= 0.6 is 0 Å². The molecule has 2 aliphatic carbocycles. The number of pyridine rings is 1. The van der Waals surface area contributed by atoms with Crippen molar-refractivity contribution in [3.05, 3.63) is 53.9 Å². The Morgan fingerprint density at radius 3 is 2.46 bits per heavy atom. The molecule has 4 atom stereocenters. The molecule has 5 aliphatic rings. The number of hydrogen-bond donors (Lipinski definition) is 1. The average Bonchev–Trinajstić information content (AvgIpc) is 4.04. The minimum absolute atomic E-state index is 0. The van der Waals surface area contributed by atoms with E-state index in [-0.39, 0.29) is 37.0 Å². The van der Waals surface area contributed by atoms with Gasteiger partial charge in [0.25, 0.3) is 0 Å². The van der Waals surface area contributed by atoms with E-state index in [2.05, 4.69) is 27.3 Å². The summed E-state index contributed by atoms with van der Waals surface area (Å²) in [4.78, 5) is 53.2. The molecule has 1 N–H and O–H groups in total. The summed E-state index contributed by atoms with van der Waals surface area (Å²) in [7, 11) is 1.68. The van der Waals surface area contributed by atoms with Crippen LogP contribution < -0.4 is 15.1 Å². The number of rotatable bonds is 12. The van der Waals surface area contributed by atoms with Crippen molar-refractivity contribution in [3.63, 3.8) is 0 Å². The van der Waals surface area contributed by atoms with E-state index in [1.54, 1.807) is 19.5 Å². The molecule has 3 amide bonds. The van der Waals surface area contributed by atoms with Crippen LogP contribution in [0.2, 0.25) is 0 Å². The predicted molar refractivity (Wildman–Crippen MR) is 201 cm³/mol. The standard InChI is InChI=1S/C41H57N5O6.H2/c1-39(2,3)52-37-36(51-37)44-25-28(34(47)43-41(16-7-8-17-41)30-14-18-42-19-15-30)22-29(26-44)35(48)46(31-12-13-31)32-11-10-27-24-40(4,5)38(49)45(33(27)23-32)20-9-21-50-6;/h10-11,14-15,18-19,23,28-29,31,36-37H,7-9,12-13,16-17,20-22,24-26H2,1-6H3,(H,43,47);1H/t28-,29+,36?,37?;/m0./s1. The second kappa shape index (κ2) is 14.5. The van der Waals surface area contributed by atoms with Crippen LogP contribution in [0, 0.1) is 17.3 Å². The van der Waals surface area contributed by atoms with Gasteiger partial charge in [0.05, 0.1) is 23.0 Å². The minimum atomic E-state index is -0.511. The van der Waals surface area contributed by atoms with Crippen LogP contribution in [0.15, 0.2) is 42.7 Å². The monoisotopic (exact) mass is 717 g/mol. The number of methoxy groups -OCH3 is 1. The summed E-state index contributed by atoms with van der Waals surface area (Å²) in [5.74, 6) is -0.717. The van der Waals surface area contributed by atoms with Crippen LogP contribution in [-0.2, 0) is 40.6 Å². The molecule has 0 bridgehead atoms. The second-order valence-electron chi connectivity index (χ2n) is 17.3. The summed E-state index contributed by atoms with van der Waals surface area (Å²) in [6, 6.07) is 10.3. The maximum absolute atomic E-state index is 14.9. The lowest BCUT2D eigenvalue weighted by Gasteiger charge is -2.41. The summed E-state index contributed by atoms with van der Waals surface area (Å²) in [5.41, 5.74) is 2.56. The molecule has 2 aromatic rings. The number of epoxide rings is 1. The highest BCUT2D eigenvalue weighted by Crippen LogP contribution is 2.44. The lowest BCUT2D eigenvalue weighted by atomic mass is 9.80. The number of hydrogen-bond acceptors (Lipinski definition) is 8. The molecule has 4 heterocycles. The van der Waals surface area contributed by atoms with Gasteiger partial charge >= 0.3 is 0 Å². The van der Waals surface area contributed by atoms with Gasteiger partial charge in [0.15, 0.2) is 12.5 Å². The van der Waals surface area contributed by atoms with Gasteiger partial charge in [-0.25, -0.2) is 0 Å². The van der Waals surface area contributed by atoms with Gasteiger partial charge in [-0.3, -0.25) is 24.3 Å². The van der Waals surface area contributed by atoms with Crippen LogP contribution in [0.4, 0.5) is 11.4 Å². The summed E-state index contributed by atoms with van der Waals surface area (Å²) >= 11 is 0. The maximum Gasteiger partial charge on any atom is 0.232 e. The molecule has 2 unspecified atom stereocenters. The molecule has 11 heteroatoms. The quantitative estimate of drug-likeness (QED) is 0.217. The lowest BCUT2D eigenvalue weighted by Crippen LogP contribution is -2.55. The van der Waals surface area contributed by atoms with Gasteiger partial charge in [0.2, 0.25) is 17.7 Å². The maximum atomic E-state index is 14.9. The number of amides is 3. The zero-order valence-corrected chi connectivity index (χ0v) is 31.9. The number of benzene rings is 1. The molecular formula is C41H59N5O6. The summed E-state index contributed by atoms with van der Waals surface area (Å²) in [6.45, 7) is 12.1. The first kappa shape index (κ1) is 37.0. The highest BCUT2D eigenvalue weighted by atomic mass is 16.8. The van der Waals surface area contributed by atoms with Crippen molar-refractivity contribution >= 4 is 29.1 Å². The second-order valence-corrected chi connectivity index (χ2v) is 17.3. The zero-order chi connectivity index (χ0) is 36.8. The number of carbonyl (C=O) groups is 3. The van der Waals surface area contributed by atoms with Gasteiger partial charge in [-0.05, 0) is 101 Å². The molecule has 7 rings (SSSR count). The van der Waals surface area contributed by atoms with Crippen LogP contribution in [0.1, 0.15) is 98.5 Å². The summed E-state index contributed by atoms with van der Waals surface area (Å²) < 4.78 is 17.5. The molecular weight excluding hydrogens is 658 g/mol. The molecule has 1 aromatic heterocycles. The van der Waals surface area contributed by atoms with E-state index in [0.717, 1.165) is 67.4 Å². The number of ether oxygens (including phenoxy) is 3. The Kier molecular flexibility index (Phi) is 10.3. The average molecular weight is 718 g/mol. The highest BCUT2D eigenvalue weighted by Gasteiger charge is 2.52. The van der Waals surface area contributed by atoms with Crippen molar-refractivity contribution in [1.82, 2.24) is 15.2 Å². The van der Waals surface area contributed by atoms with Gasteiger partial charge < -0.3 is 29.3 Å². The van der Waals surface area contributed by atoms with Gasteiger partial charge in [0.1, 0.15) is 0 Å². The van der Waals surface area contributed by atoms with E-state index in [1.165, 1.54) is 0 Å². The largest absolute Gasteiger partial charge is 0.385 e. The van der Waals surface area contributed by atoms with Crippen molar-refractivity contribution in [1.29, 1.82) is 0 Å². The van der Waals surface area contributed by atoms with E-state index < -0.39 is 29.1 Å². The number of piperidine rings is 1. The molecule has 2 saturated heterocycles. The number of likely N-dealkylation sites (tertiary alicyclic amines) is 1. The smallest absolute Gasteiger partial charge is 0.232 e. The van der Waals surface area contributed by atoms with E-state index in [0.29, 0.717) is 39.1 Å². The van der Waals surface area contributed by atoms with Crippen molar-refractivity contribution in [2.75, 3.05) is 43.2 Å². The lowest BCUT2D eigenvalue weighted by molar-refractivity contribution is -0.133.